The Morgan fingerprint density at radius 1 is 1.41 bits per heavy atom. The third-order valence-electron chi connectivity index (χ3n) is 3.42. The smallest absolute Gasteiger partial charge is 0.387 e. The average molecular weight is 314 g/mol. The minimum absolute atomic E-state index is 0.0297. The van der Waals surface area contributed by atoms with Gasteiger partial charge in [-0.2, -0.15) is 8.78 Å². The topological polar surface area (TPSA) is 44.8 Å². The number of hydrogen-bond donors (Lipinski definition) is 0. The van der Waals surface area contributed by atoms with Crippen molar-refractivity contribution in [3.05, 3.63) is 23.8 Å². The van der Waals surface area contributed by atoms with Gasteiger partial charge in [-0.05, 0) is 24.6 Å². The predicted molar refractivity (Wildman–Crippen MR) is 76.8 cm³/mol. The number of ether oxygens (including phenoxy) is 3. The molecule has 0 spiro atoms. The summed E-state index contributed by atoms with van der Waals surface area (Å²) in [5.74, 6) is 0.0741. The van der Waals surface area contributed by atoms with Crippen LogP contribution in [-0.2, 0) is 4.74 Å². The molecule has 0 radical (unpaired) electrons. The molecular weight excluding hydrogens is 294 g/mol. The maximum atomic E-state index is 12.5. The summed E-state index contributed by atoms with van der Waals surface area (Å²) in [5.41, 5.74) is 0.448. The van der Waals surface area contributed by atoms with Crippen molar-refractivity contribution in [3.8, 4) is 11.5 Å². The highest BCUT2D eigenvalue weighted by Crippen LogP contribution is 2.32. The van der Waals surface area contributed by atoms with E-state index in [4.69, 9.17) is 9.47 Å². The van der Waals surface area contributed by atoms with Gasteiger partial charge in [0, 0.05) is 18.4 Å². The fourth-order valence-electron chi connectivity index (χ4n) is 2.23. The van der Waals surface area contributed by atoms with E-state index < -0.39 is 6.61 Å². The molecule has 1 atom stereocenters. The maximum Gasteiger partial charge on any atom is 0.387 e. The van der Waals surface area contributed by atoms with Gasteiger partial charge in [-0.1, -0.05) is 13.3 Å². The first-order valence-electron chi connectivity index (χ1n) is 7.46. The lowest BCUT2D eigenvalue weighted by Gasteiger charge is -2.16. The summed E-state index contributed by atoms with van der Waals surface area (Å²) >= 11 is 0. The van der Waals surface area contributed by atoms with E-state index in [0.717, 1.165) is 12.8 Å². The van der Waals surface area contributed by atoms with E-state index in [2.05, 4.69) is 4.74 Å². The number of ketones is 1. The second kappa shape index (κ2) is 8.08. The molecule has 1 saturated heterocycles. The second-order valence-corrected chi connectivity index (χ2v) is 5.17. The number of Topliss-reactive ketones (excluding diaryl/α,β-unsaturated/α-hetero) is 1. The lowest BCUT2D eigenvalue weighted by atomic mass is 10.1. The third-order valence-corrected chi connectivity index (χ3v) is 3.42. The van der Waals surface area contributed by atoms with Crippen molar-refractivity contribution in [2.75, 3.05) is 13.2 Å². The summed E-state index contributed by atoms with van der Waals surface area (Å²) in [5, 5.41) is 0. The van der Waals surface area contributed by atoms with Crippen molar-refractivity contribution < 1.29 is 27.8 Å². The van der Waals surface area contributed by atoms with E-state index in [1.807, 2.05) is 6.92 Å². The molecule has 0 aromatic heterocycles. The predicted octanol–water partition coefficient (Wildman–Crippen LogP) is 3.83. The summed E-state index contributed by atoms with van der Waals surface area (Å²) in [7, 11) is 0. The Morgan fingerprint density at radius 3 is 2.86 bits per heavy atom. The summed E-state index contributed by atoms with van der Waals surface area (Å²) < 4.78 is 40.3. The third kappa shape index (κ3) is 4.66. The Balaban J connectivity index is 2.17. The highest BCUT2D eigenvalue weighted by molar-refractivity contribution is 5.96. The first-order chi connectivity index (χ1) is 10.6. The summed E-state index contributed by atoms with van der Waals surface area (Å²) in [6, 6.07) is 4.33. The number of benzene rings is 1. The van der Waals surface area contributed by atoms with Gasteiger partial charge < -0.3 is 14.2 Å². The molecule has 1 aliphatic heterocycles. The van der Waals surface area contributed by atoms with Crippen LogP contribution in [0.4, 0.5) is 8.78 Å². The quantitative estimate of drug-likeness (QED) is 0.684. The SMILES string of the molecule is CCCCC(=O)c1ccc(OC(F)F)c(OC2CCOC2)c1. The molecule has 1 unspecified atom stereocenters. The van der Waals surface area contributed by atoms with E-state index in [-0.39, 0.29) is 23.4 Å². The van der Waals surface area contributed by atoms with Crippen LogP contribution < -0.4 is 9.47 Å². The van der Waals surface area contributed by atoms with E-state index in [0.29, 0.717) is 31.6 Å². The van der Waals surface area contributed by atoms with Gasteiger partial charge >= 0.3 is 6.61 Å². The van der Waals surface area contributed by atoms with Crippen LogP contribution in [0.25, 0.3) is 0 Å². The van der Waals surface area contributed by atoms with Crippen LogP contribution >= 0.6 is 0 Å². The Bertz CT molecular complexity index is 499. The van der Waals surface area contributed by atoms with Crippen LogP contribution in [-0.4, -0.2) is 31.7 Å². The number of rotatable bonds is 8. The largest absolute Gasteiger partial charge is 0.484 e. The molecule has 4 nitrogen and oxygen atoms in total. The van der Waals surface area contributed by atoms with Gasteiger partial charge in [0.25, 0.3) is 0 Å². The number of carbonyl (C=O) groups excluding carboxylic acids is 1. The molecule has 122 valence electrons. The van der Waals surface area contributed by atoms with Crippen molar-refractivity contribution in [1.29, 1.82) is 0 Å². The zero-order valence-electron chi connectivity index (χ0n) is 12.5. The Morgan fingerprint density at radius 2 is 2.23 bits per heavy atom. The van der Waals surface area contributed by atoms with Gasteiger partial charge in [-0.3, -0.25) is 4.79 Å². The number of hydrogen-bond acceptors (Lipinski definition) is 4. The molecule has 1 aromatic carbocycles. The van der Waals surface area contributed by atoms with Crippen LogP contribution in [0.1, 0.15) is 43.0 Å². The van der Waals surface area contributed by atoms with E-state index in [1.54, 1.807) is 0 Å². The first-order valence-corrected chi connectivity index (χ1v) is 7.46. The van der Waals surface area contributed by atoms with Crippen LogP contribution in [0.15, 0.2) is 18.2 Å². The molecule has 1 heterocycles. The zero-order chi connectivity index (χ0) is 15.9. The average Bonchev–Trinajstić information content (AvgIpc) is 2.99. The maximum absolute atomic E-state index is 12.5. The van der Waals surface area contributed by atoms with Crippen molar-refractivity contribution in [2.45, 2.75) is 45.3 Å². The van der Waals surface area contributed by atoms with Gasteiger partial charge in [0.05, 0.1) is 13.2 Å². The zero-order valence-corrected chi connectivity index (χ0v) is 12.5. The molecule has 1 aromatic rings. The lowest BCUT2D eigenvalue weighted by molar-refractivity contribution is -0.0521. The summed E-state index contributed by atoms with van der Waals surface area (Å²) in [6.07, 6.45) is 2.61. The molecule has 1 fully saturated rings. The molecule has 0 saturated carbocycles. The standard InChI is InChI=1S/C16H20F2O4/c1-2-3-4-13(19)11-5-6-14(22-16(17)18)15(9-11)21-12-7-8-20-10-12/h5-6,9,12,16H,2-4,7-8,10H2,1H3. The molecule has 6 heteroatoms. The molecule has 0 amide bonds. The highest BCUT2D eigenvalue weighted by Gasteiger charge is 2.21. The van der Waals surface area contributed by atoms with Gasteiger partial charge in [0.1, 0.15) is 6.10 Å². The number of alkyl halides is 2. The number of halogens is 2. The number of carbonyl (C=O) groups is 1. The monoisotopic (exact) mass is 314 g/mol. The first kappa shape index (κ1) is 16.7. The van der Waals surface area contributed by atoms with Crippen LogP contribution in [0.2, 0.25) is 0 Å². The van der Waals surface area contributed by atoms with E-state index >= 15 is 0 Å². The molecule has 1 aliphatic rings. The summed E-state index contributed by atoms with van der Waals surface area (Å²) in [4.78, 5) is 12.1. The highest BCUT2D eigenvalue weighted by atomic mass is 19.3. The van der Waals surface area contributed by atoms with E-state index in [1.165, 1.54) is 18.2 Å². The van der Waals surface area contributed by atoms with Gasteiger partial charge in [0.15, 0.2) is 17.3 Å². The molecule has 0 N–H and O–H groups in total. The Hall–Kier alpha value is -1.69. The lowest BCUT2D eigenvalue weighted by Crippen LogP contribution is -2.17. The molecule has 22 heavy (non-hydrogen) atoms. The van der Waals surface area contributed by atoms with Crippen molar-refractivity contribution >= 4 is 5.78 Å². The normalized spacial score (nSPS) is 17.7. The molecule has 2 rings (SSSR count). The fourth-order valence-corrected chi connectivity index (χ4v) is 2.23. The van der Waals surface area contributed by atoms with E-state index in [9.17, 15) is 13.6 Å². The van der Waals surface area contributed by atoms with Crippen LogP contribution in [0.5, 0.6) is 11.5 Å². The summed E-state index contributed by atoms with van der Waals surface area (Å²) in [6.45, 7) is 0.0397. The Labute approximate surface area is 128 Å². The second-order valence-electron chi connectivity index (χ2n) is 5.17. The van der Waals surface area contributed by atoms with Crippen molar-refractivity contribution in [3.63, 3.8) is 0 Å². The fraction of sp³-hybridized carbons (Fsp3) is 0.562. The van der Waals surface area contributed by atoms with Crippen molar-refractivity contribution in [1.82, 2.24) is 0 Å². The van der Waals surface area contributed by atoms with Crippen LogP contribution in [0, 0.1) is 0 Å². The van der Waals surface area contributed by atoms with Gasteiger partial charge in [0.2, 0.25) is 0 Å². The minimum atomic E-state index is -2.94. The van der Waals surface area contributed by atoms with Crippen molar-refractivity contribution in [2.24, 2.45) is 0 Å². The molecule has 0 bridgehead atoms. The Kier molecular flexibility index (Phi) is 6.12. The molecular formula is C16H20F2O4. The van der Waals surface area contributed by atoms with Gasteiger partial charge in [-0.15, -0.1) is 0 Å². The minimum Gasteiger partial charge on any atom is -0.484 e. The number of unbranched alkanes of at least 4 members (excludes halogenated alkanes) is 1. The van der Waals surface area contributed by atoms with Gasteiger partial charge in [-0.25, -0.2) is 0 Å². The van der Waals surface area contributed by atoms with Crippen LogP contribution in [0.3, 0.4) is 0 Å². The molecule has 0 aliphatic carbocycles.